The first-order valence-corrected chi connectivity index (χ1v) is 12.2. The number of rotatable bonds is 5. The number of ketones is 2. The van der Waals surface area contributed by atoms with Crippen LogP contribution in [0.15, 0.2) is 12.2 Å². The largest absolute Gasteiger partial charge is 0.469 e. The highest BCUT2D eigenvalue weighted by Gasteiger charge is 2.80. The summed E-state index contributed by atoms with van der Waals surface area (Å²) in [6, 6.07) is 0. The van der Waals surface area contributed by atoms with E-state index in [1.165, 1.54) is 14.2 Å². The van der Waals surface area contributed by atoms with Gasteiger partial charge in [0.2, 0.25) is 0 Å². The van der Waals surface area contributed by atoms with Crippen molar-refractivity contribution in [1.82, 2.24) is 0 Å². The molecule has 0 aromatic rings. The zero-order chi connectivity index (χ0) is 27.0. The molecule has 0 spiro atoms. The van der Waals surface area contributed by atoms with E-state index in [0.29, 0.717) is 19.3 Å². The molecule has 3 rings (SSSR count). The number of carbonyl (C=O) groups excluding carboxylic acids is 4. The van der Waals surface area contributed by atoms with Gasteiger partial charge in [0.15, 0.2) is 22.6 Å². The highest BCUT2D eigenvalue weighted by molar-refractivity contribution is 6.26. The van der Waals surface area contributed by atoms with Crippen LogP contribution in [0.1, 0.15) is 73.6 Å². The van der Waals surface area contributed by atoms with Gasteiger partial charge in [0.05, 0.1) is 25.2 Å². The second kappa shape index (κ2) is 7.97. The van der Waals surface area contributed by atoms with Gasteiger partial charge in [0.1, 0.15) is 0 Å². The monoisotopic (exact) mass is 492 g/mol. The molecule has 3 fully saturated rings. The van der Waals surface area contributed by atoms with Crippen LogP contribution in [0, 0.1) is 33.5 Å². The summed E-state index contributed by atoms with van der Waals surface area (Å²) in [5, 5.41) is 22.4. The topological polar surface area (TPSA) is 127 Å². The maximum absolute atomic E-state index is 14.0. The minimum absolute atomic E-state index is 0.0780. The Bertz CT molecular complexity index is 980. The minimum Gasteiger partial charge on any atom is -0.469 e. The molecule has 0 amide bonds. The second-order valence-corrected chi connectivity index (χ2v) is 12.3. The fourth-order valence-electron chi connectivity index (χ4n) is 8.33. The lowest BCUT2D eigenvalue weighted by atomic mass is 9.31. The van der Waals surface area contributed by atoms with E-state index in [9.17, 15) is 29.4 Å². The van der Waals surface area contributed by atoms with Gasteiger partial charge in [-0.25, -0.2) is 0 Å². The highest BCUT2D eigenvalue weighted by atomic mass is 16.5. The first-order valence-electron chi connectivity index (χ1n) is 12.2. The Morgan fingerprint density at radius 3 is 2.14 bits per heavy atom. The van der Waals surface area contributed by atoms with Crippen molar-refractivity contribution in [2.75, 3.05) is 14.2 Å². The average Bonchev–Trinajstić information content (AvgIpc) is 2.77. The van der Waals surface area contributed by atoms with Crippen LogP contribution in [0.5, 0.6) is 0 Å². The number of methoxy groups -OCH3 is 2. The van der Waals surface area contributed by atoms with Crippen molar-refractivity contribution in [1.29, 1.82) is 0 Å². The Hall–Kier alpha value is -2.06. The van der Waals surface area contributed by atoms with Crippen molar-refractivity contribution in [3.63, 3.8) is 0 Å². The molecule has 0 aromatic heterocycles. The molecular formula is C27H40O8. The SMILES string of the molecule is C=C1[C@]2(C)C[C@@H]3[C@@](C)(CCC(=O)OC)[C@H](C(C)(C)O)CC[C@@]3(C)[C@@]1(C(=O)OC)C(=O)[C@](C)(O)C2=O. The van der Waals surface area contributed by atoms with Crippen LogP contribution in [-0.4, -0.2) is 59.1 Å². The molecule has 0 heterocycles. The van der Waals surface area contributed by atoms with Crippen LogP contribution in [0.3, 0.4) is 0 Å². The van der Waals surface area contributed by atoms with E-state index in [2.05, 4.69) is 6.58 Å². The van der Waals surface area contributed by atoms with Gasteiger partial charge >= 0.3 is 11.9 Å². The molecule has 3 aliphatic rings. The van der Waals surface area contributed by atoms with Crippen LogP contribution in [0.25, 0.3) is 0 Å². The van der Waals surface area contributed by atoms with Gasteiger partial charge in [-0.3, -0.25) is 19.2 Å². The minimum atomic E-state index is -2.38. The standard InChI is InChI=1S/C27H40O8/c1-15-24(5)14-17-23(4,12-11-18(28)34-8)16(22(2,3)32)10-13-25(17,6)27(15,21(31)35-9)20(30)26(7,33)19(24)29/h16-17,32-33H,1,10-14H2,2-9H3/t16-,17+,23-,24-,25+,26+,27+/m0/s1. The van der Waals surface area contributed by atoms with Crippen LogP contribution in [0.2, 0.25) is 0 Å². The quantitative estimate of drug-likeness (QED) is 0.341. The Labute approximate surface area is 207 Å². The Balaban J connectivity index is 2.37. The number of Topliss-reactive ketones (excluding diaryl/α,β-unsaturated/α-hetero) is 2. The summed E-state index contributed by atoms with van der Waals surface area (Å²) < 4.78 is 10.1. The molecule has 35 heavy (non-hydrogen) atoms. The lowest BCUT2D eigenvalue weighted by molar-refractivity contribution is -0.223. The van der Waals surface area contributed by atoms with Gasteiger partial charge in [-0.05, 0) is 81.6 Å². The second-order valence-electron chi connectivity index (χ2n) is 12.3. The number of ether oxygens (including phenoxy) is 2. The van der Waals surface area contributed by atoms with Crippen LogP contribution in [-0.2, 0) is 28.7 Å². The van der Waals surface area contributed by atoms with Crippen molar-refractivity contribution in [3.05, 3.63) is 12.2 Å². The van der Waals surface area contributed by atoms with Crippen molar-refractivity contribution in [3.8, 4) is 0 Å². The first kappa shape index (κ1) is 27.5. The highest BCUT2D eigenvalue weighted by Crippen LogP contribution is 2.75. The predicted molar refractivity (Wildman–Crippen MR) is 127 cm³/mol. The number of fused-ring (bicyclic) bond motifs is 4. The third kappa shape index (κ3) is 3.24. The molecule has 2 N–H and O–H groups in total. The Morgan fingerprint density at radius 1 is 1.09 bits per heavy atom. The Kier molecular flexibility index (Phi) is 6.27. The van der Waals surface area contributed by atoms with E-state index in [4.69, 9.17) is 9.47 Å². The zero-order valence-corrected chi connectivity index (χ0v) is 22.2. The number of hydrogen-bond donors (Lipinski definition) is 2. The fourth-order valence-corrected chi connectivity index (χ4v) is 8.33. The van der Waals surface area contributed by atoms with Crippen molar-refractivity contribution < 1.29 is 38.9 Å². The van der Waals surface area contributed by atoms with Crippen molar-refractivity contribution in [2.24, 2.45) is 33.5 Å². The van der Waals surface area contributed by atoms with E-state index in [0.717, 1.165) is 6.92 Å². The van der Waals surface area contributed by atoms with Crippen molar-refractivity contribution >= 4 is 23.5 Å². The molecular weight excluding hydrogens is 452 g/mol. The maximum atomic E-state index is 14.0. The molecule has 2 bridgehead atoms. The molecule has 7 atom stereocenters. The molecule has 0 aliphatic heterocycles. The summed E-state index contributed by atoms with van der Waals surface area (Å²) in [6.07, 6.45) is 1.44. The number of aliphatic hydroxyl groups is 2. The lowest BCUT2D eigenvalue weighted by Crippen LogP contribution is -2.77. The van der Waals surface area contributed by atoms with E-state index in [1.807, 2.05) is 13.8 Å². The first-order chi connectivity index (χ1) is 15.8. The zero-order valence-electron chi connectivity index (χ0n) is 22.2. The van der Waals surface area contributed by atoms with Gasteiger partial charge in [-0.1, -0.05) is 20.4 Å². The van der Waals surface area contributed by atoms with Crippen LogP contribution in [0.4, 0.5) is 0 Å². The molecule has 0 saturated heterocycles. The van der Waals surface area contributed by atoms with E-state index >= 15 is 0 Å². The number of esters is 2. The molecule has 3 aliphatic carbocycles. The average molecular weight is 493 g/mol. The fraction of sp³-hybridized carbons (Fsp3) is 0.778. The maximum Gasteiger partial charge on any atom is 0.324 e. The van der Waals surface area contributed by atoms with E-state index in [1.54, 1.807) is 20.8 Å². The summed E-state index contributed by atoms with van der Waals surface area (Å²) >= 11 is 0. The number of hydrogen-bond acceptors (Lipinski definition) is 8. The van der Waals surface area contributed by atoms with Crippen LogP contribution >= 0.6 is 0 Å². The smallest absolute Gasteiger partial charge is 0.324 e. The molecule has 8 nitrogen and oxygen atoms in total. The summed E-state index contributed by atoms with van der Waals surface area (Å²) in [4.78, 5) is 53.5. The predicted octanol–water partition coefficient (Wildman–Crippen LogP) is 2.78. The summed E-state index contributed by atoms with van der Waals surface area (Å²) in [5.74, 6) is -3.60. The third-order valence-corrected chi connectivity index (χ3v) is 10.1. The van der Waals surface area contributed by atoms with Gasteiger partial charge in [-0.15, -0.1) is 0 Å². The molecule has 0 aromatic carbocycles. The third-order valence-electron chi connectivity index (χ3n) is 10.1. The normalized spacial score (nSPS) is 43.4. The molecule has 0 radical (unpaired) electrons. The van der Waals surface area contributed by atoms with Gasteiger partial charge in [-0.2, -0.15) is 0 Å². The molecule has 0 unspecified atom stereocenters. The molecule has 3 saturated carbocycles. The summed E-state index contributed by atoms with van der Waals surface area (Å²) in [5.41, 5.74) is -8.52. The van der Waals surface area contributed by atoms with Gasteiger partial charge in [0, 0.05) is 6.42 Å². The Morgan fingerprint density at radius 2 is 1.66 bits per heavy atom. The van der Waals surface area contributed by atoms with E-state index < -0.39 is 62.3 Å². The van der Waals surface area contributed by atoms with Gasteiger partial charge in [0.25, 0.3) is 0 Å². The summed E-state index contributed by atoms with van der Waals surface area (Å²) in [6.45, 7) is 14.2. The molecule has 196 valence electrons. The van der Waals surface area contributed by atoms with Crippen molar-refractivity contribution in [2.45, 2.75) is 84.8 Å². The number of carbonyl (C=O) groups is 4. The molecule has 8 heteroatoms. The van der Waals surface area contributed by atoms with Gasteiger partial charge < -0.3 is 19.7 Å². The summed E-state index contributed by atoms with van der Waals surface area (Å²) in [7, 11) is 2.50. The lowest BCUT2D eigenvalue weighted by Gasteiger charge is -2.70. The van der Waals surface area contributed by atoms with E-state index in [-0.39, 0.29) is 24.3 Å². The van der Waals surface area contributed by atoms with Crippen LogP contribution < -0.4 is 0 Å².